The minimum atomic E-state index is -1.27. The van der Waals surface area contributed by atoms with Crippen molar-refractivity contribution in [2.75, 3.05) is 6.61 Å². The first-order chi connectivity index (χ1) is 5.52. The quantitative estimate of drug-likeness (QED) is 0.433. The Labute approximate surface area is 104 Å². The van der Waals surface area contributed by atoms with Crippen LogP contribution in [0.5, 0.6) is 0 Å². The molecule has 0 heterocycles. The van der Waals surface area contributed by atoms with Crippen molar-refractivity contribution in [3.63, 3.8) is 0 Å². The fourth-order valence-corrected chi connectivity index (χ4v) is 0.423. The summed E-state index contributed by atoms with van der Waals surface area (Å²) in [6.45, 7) is -0.724. The zero-order valence-corrected chi connectivity index (χ0v) is 6.15. The van der Waals surface area contributed by atoms with E-state index in [4.69, 9.17) is 10.2 Å². The van der Waals surface area contributed by atoms with Gasteiger partial charge in [-0.05, 0) is 0 Å². The summed E-state index contributed by atoms with van der Waals surface area (Å²) in [7, 11) is 0. The van der Waals surface area contributed by atoms with Crippen molar-refractivity contribution in [3.8, 4) is 0 Å². The Kier molecular flexibility index (Phi) is 9.65. The number of carbonyl (C=O) groups is 3. The zero-order chi connectivity index (χ0) is 9.56. The SMILES string of the molecule is O=C(O)CCC(=O)OCC(=O)O.[CaH2]. The maximum absolute atomic E-state index is 10.5. The molecule has 2 N–H and O–H groups in total. The van der Waals surface area contributed by atoms with Crippen molar-refractivity contribution in [2.24, 2.45) is 0 Å². The van der Waals surface area contributed by atoms with Crippen LogP contribution in [0.2, 0.25) is 0 Å². The second-order valence-corrected chi connectivity index (χ2v) is 1.95. The first-order valence-electron chi connectivity index (χ1n) is 3.11. The van der Waals surface area contributed by atoms with Gasteiger partial charge in [-0.15, -0.1) is 0 Å². The van der Waals surface area contributed by atoms with Gasteiger partial charge in [-0.2, -0.15) is 0 Å². The van der Waals surface area contributed by atoms with Gasteiger partial charge in [-0.3, -0.25) is 9.59 Å². The average Bonchev–Trinajstić information content (AvgIpc) is 1.96. The van der Waals surface area contributed by atoms with Crippen molar-refractivity contribution in [1.82, 2.24) is 0 Å². The van der Waals surface area contributed by atoms with Crippen LogP contribution in [0.4, 0.5) is 0 Å². The summed E-state index contributed by atoms with van der Waals surface area (Å²) in [6, 6.07) is 0. The van der Waals surface area contributed by atoms with E-state index in [1.165, 1.54) is 0 Å². The number of ether oxygens (including phenoxy) is 1. The van der Waals surface area contributed by atoms with Crippen molar-refractivity contribution < 1.29 is 29.3 Å². The number of hydrogen-bond acceptors (Lipinski definition) is 4. The number of hydrogen-bond donors (Lipinski definition) is 2. The Morgan fingerprint density at radius 2 is 1.54 bits per heavy atom. The van der Waals surface area contributed by atoms with Gasteiger partial charge in [0.05, 0.1) is 12.8 Å². The van der Waals surface area contributed by atoms with E-state index in [1.54, 1.807) is 0 Å². The van der Waals surface area contributed by atoms with Gasteiger partial charge >= 0.3 is 55.6 Å². The summed E-state index contributed by atoms with van der Waals surface area (Å²) in [6.07, 6.45) is -0.652. The van der Waals surface area contributed by atoms with Crippen LogP contribution in [0, 0.1) is 0 Å². The molecule has 0 aromatic heterocycles. The summed E-state index contributed by atoms with van der Waals surface area (Å²) in [4.78, 5) is 30.3. The van der Waals surface area contributed by atoms with Gasteiger partial charge in [-0.25, -0.2) is 4.79 Å². The molecule has 0 aromatic carbocycles. The van der Waals surface area contributed by atoms with Crippen LogP contribution in [0.25, 0.3) is 0 Å². The molecule has 13 heavy (non-hydrogen) atoms. The van der Waals surface area contributed by atoms with Gasteiger partial charge in [0, 0.05) is 0 Å². The van der Waals surface area contributed by atoms with E-state index in [9.17, 15) is 14.4 Å². The standard InChI is InChI=1S/C6H8O6.Ca.2H/c7-4(8)1-2-6(11)12-3-5(9)10;;;/h1-3H2,(H,7,8)(H,9,10);;;. The summed E-state index contributed by atoms with van der Waals surface area (Å²) in [5.41, 5.74) is 0. The molecule has 0 saturated carbocycles. The molecule has 0 saturated heterocycles. The molecule has 0 bridgehead atoms. The monoisotopic (exact) mass is 218 g/mol. The van der Waals surface area contributed by atoms with Gasteiger partial charge in [0.15, 0.2) is 6.61 Å². The molecule has 0 spiro atoms. The van der Waals surface area contributed by atoms with Gasteiger partial charge in [0.25, 0.3) is 0 Å². The summed E-state index contributed by atoms with van der Waals surface area (Å²) < 4.78 is 4.15. The van der Waals surface area contributed by atoms with Crippen LogP contribution in [-0.2, 0) is 19.1 Å². The van der Waals surface area contributed by atoms with Crippen molar-refractivity contribution >= 4 is 55.6 Å². The number of carboxylic acid groups (broad SMARTS) is 2. The summed E-state index contributed by atoms with van der Waals surface area (Å²) >= 11 is 0. The van der Waals surface area contributed by atoms with E-state index in [0.717, 1.165) is 0 Å². The van der Waals surface area contributed by atoms with Gasteiger partial charge in [-0.1, -0.05) is 0 Å². The van der Waals surface area contributed by atoms with Crippen LogP contribution < -0.4 is 0 Å². The second-order valence-electron chi connectivity index (χ2n) is 1.95. The fraction of sp³-hybridized carbons (Fsp3) is 0.500. The van der Waals surface area contributed by atoms with E-state index in [2.05, 4.69) is 4.74 Å². The molecule has 7 heteroatoms. The van der Waals surface area contributed by atoms with E-state index in [-0.39, 0.29) is 50.6 Å². The fourth-order valence-electron chi connectivity index (χ4n) is 0.423. The predicted octanol–water partition coefficient (Wildman–Crippen LogP) is -1.44. The molecule has 0 rings (SSSR count). The van der Waals surface area contributed by atoms with Crippen molar-refractivity contribution in [2.45, 2.75) is 12.8 Å². The topological polar surface area (TPSA) is 101 Å². The third-order valence-electron chi connectivity index (χ3n) is 0.900. The Hall–Kier alpha value is -0.330. The molecule has 6 nitrogen and oxygen atoms in total. The first kappa shape index (κ1) is 15.2. The van der Waals surface area contributed by atoms with Gasteiger partial charge < -0.3 is 14.9 Å². The van der Waals surface area contributed by atoms with Crippen LogP contribution in [-0.4, -0.2) is 72.5 Å². The molecule has 0 amide bonds. The molecular formula is C6H10CaO6. The normalized spacial score (nSPS) is 8.31. The summed E-state index contributed by atoms with van der Waals surface area (Å²) in [5.74, 6) is -3.21. The molecule has 0 aliphatic rings. The van der Waals surface area contributed by atoms with Crippen LogP contribution in [0.3, 0.4) is 0 Å². The predicted molar refractivity (Wildman–Crippen MR) is 44.0 cm³/mol. The molecule has 0 fully saturated rings. The maximum atomic E-state index is 10.5. The third kappa shape index (κ3) is 11.7. The molecule has 0 atom stereocenters. The van der Waals surface area contributed by atoms with Crippen LogP contribution >= 0.6 is 0 Å². The van der Waals surface area contributed by atoms with E-state index >= 15 is 0 Å². The Morgan fingerprint density at radius 1 is 1.00 bits per heavy atom. The number of aliphatic carboxylic acids is 2. The van der Waals surface area contributed by atoms with E-state index < -0.39 is 24.5 Å². The second kappa shape index (κ2) is 8.28. The minimum absolute atomic E-state index is 0. The number of carboxylic acids is 2. The van der Waals surface area contributed by atoms with Gasteiger partial charge in [0.2, 0.25) is 0 Å². The average molecular weight is 218 g/mol. The molecule has 0 aliphatic heterocycles. The van der Waals surface area contributed by atoms with Crippen molar-refractivity contribution in [3.05, 3.63) is 0 Å². The van der Waals surface area contributed by atoms with Gasteiger partial charge in [0.1, 0.15) is 0 Å². The molecular weight excluding hydrogens is 208 g/mol. The zero-order valence-electron chi connectivity index (χ0n) is 6.15. The molecule has 72 valence electrons. The van der Waals surface area contributed by atoms with Crippen molar-refractivity contribution in [1.29, 1.82) is 0 Å². The Morgan fingerprint density at radius 3 is 1.92 bits per heavy atom. The number of carbonyl (C=O) groups excluding carboxylic acids is 1. The number of rotatable bonds is 5. The molecule has 0 aromatic rings. The van der Waals surface area contributed by atoms with E-state index in [0.29, 0.717) is 0 Å². The number of esters is 1. The first-order valence-corrected chi connectivity index (χ1v) is 3.11. The summed E-state index contributed by atoms with van der Waals surface area (Å²) in [5, 5.41) is 16.2. The third-order valence-corrected chi connectivity index (χ3v) is 0.900. The Balaban J connectivity index is 0. The van der Waals surface area contributed by atoms with E-state index in [1.807, 2.05) is 0 Å². The Bertz CT molecular complexity index is 181. The van der Waals surface area contributed by atoms with Crippen LogP contribution in [0.15, 0.2) is 0 Å². The van der Waals surface area contributed by atoms with Crippen LogP contribution in [0.1, 0.15) is 12.8 Å². The molecule has 0 unspecified atom stereocenters. The molecule has 0 radical (unpaired) electrons. The molecule has 0 aliphatic carbocycles.